The molecule has 0 aliphatic rings. The number of aryl methyl sites for hydroxylation is 3. The van der Waals surface area contributed by atoms with Crippen molar-refractivity contribution in [2.75, 3.05) is 5.32 Å². The number of rotatable bonds is 5. The summed E-state index contributed by atoms with van der Waals surface area (Å²) in [7, 11) is 1.75. The summed E-state index contributed by atoms with van der Waals surface area (Å²) in [5, 5.41) is 16.4. The lowest BCUT2D eigenvalue weighted by Crippen LogP contribution is -2.09. The maximum atomic E-state index is 12.3. The van der Waals surface area contributed by atoms with Crippen molar-refractivity contribution in [2.24, 2.45) is 7.05 Å². The van der Waals surface area contributed by atoms with E-state index < -0.39 is 0 Å². The van der Waals surface area contributed by atoms with Crippen molar-refractivity contribution in [3.8, 4) is 17.6 Å². The maximum Gasteiger partial charge on any atom is 0.248 e. The van der Waals surface area contributed by atoms with Gasteiger partial charge in [0.1, 0.15) is 16.7 Å². The molecular formula is C22H19ClN4O2. The molecule has 1 heterocycles. The quantitative estimate of drug-likeness (QED) is 0.604. The third-order valence-electron chi connectivity index (χ3n) is 4.27. The van der Waals surface area contributed by atoms with Crippen LogP contribution in [0.4, 0.5) is 5.69 Å². The minimum absolute atomic E-state index is 0.270. The lowest BCUT2D eigenvalue weighted by atomic mass is 10.2. The van der Waals surface area contributed by atoms with Crippen molar-refractivity contribution in [1.29, 1.82) is 5.26 Å². The highest BCUT2D eigenvalue weighted by molar-refractivity contribution is 6.31. The Hall–Kier alpha value is -3.56. The zero-order valence-corrected chi connectivity index (χ0v) is 17.0. The van der Waals surface area contributed by atoms with E-state index in [0.29, 0.717) is 33.5 Å². The number of hydrogen-bond donors (Lipinski definition) is 1. The SMILES string of the molecule is Cc1cc(Oc2ccc(C#N)cc2)ccc1NC(=O)/C=C/c1c(C)nn(C)c1Cl. The minimum atomic E-state index is -0.270. The molecule has 6 nitrogen and oxygen atoms in total. The van der Waals surface area contributed by atoms with E-state index in [-0.39, 0.29) is 5.91 Å². The van der Waals surface area contributed by atoms with Crippen LogP contribution in [-0.4, -0.2) is 15.7 Å². The van der Waals surface area contributed by atoms with Crippen LogP contribution in [0, 0.1) is 25.2 Å². The summed E-state index contributed by atoms with van der Waals surface area (Å²) >= 11 is 6.17. The molecule has 0 spiro atoms. The smallest absolute Gasteiger partial charge is 0.248 e. The molecule has 1 aromatic heterocycles. The van der Waals surface area contributed by atoms with Gasteiger partial charge in [-0.3, -0.25) is 9.48 Å². The van der Waals surface area contributed by atoms with Crippen molar-refractivity contribution in [2.45, 2.75) is 13.8 Å². The van der Waals surface area contributed by atoms with Gasteiger partial charge in [0.25, 0.3) is 0 Å². The van der Waals surface area contributed by atoms with Gasteiger partial charge in [-0.2, -0.15) is 10.4 Å². The summed E-state index contributed by atoms with van der Waals surface area (Å²) < 4.78 is 7.35. The van der Waals surface area contributed by atoms with E-state index in [9.17, 15) is 4.79 Å². The number of hydrogen-bond acceptors (Lipinski definition) is 4. The van der Waals surface area contributed by atoms with Crippen molar-refractivity contribution in [3.05, 3.63) is 76.1 Å². The van der Waals surface area contributed by atoms with Crippen LogP contribution in [0.5, 0.6) is 11.5 Å². The van der Waals surface area contributed by atoms with Crippen LogP contribution in [0.1, 0.15) is 22.4 Å². The molecule has 2 aromatic carbocycles. The topological polar surface area (TPSA) is 79.9 Å². The first-order valence-corrected chi connectivity index (χ1v) is 9.22. The second kappa shape index (κ2) is 8.63. The highest BCUT2D eigenvalue weighted by Gasteiger charge is 2.09. The number of nitriles is 1. The number of ether oxygens (including phenoxy) is 1. The number of benzene rings is 2. The molecule has 0 bridgehead atoms. The predicted molar refractivity (Wildman–Crippen MR) is 113 cm³/mol. The van der Waals surface area contributed by atoms with Gasteiger partial charge in [-0.25, -0.2) is 0 Å². The maximum absolute atomic E-state index is 12.3. The van der Waals surface area contributed by atoms with Gasteiger partial charge in [-0.05, 0) is 68.0 Å². The van der Waals surface area contributed by atoms with Gasteiger partial charge < -0.3 is 10.1 Å². The Balaban J connectivity index is 1.67. The van der Waals surface area contributed by atoms with Gasteiger partial charge in [-0.1, -0.05) is 11.6 Å². The van der Waals surface area contributed by atoms with Crippen LogP contribution in [0.15, 0.2) is 48.5 Å². The zero-order valence-electron chi connectivity index (χ0n) is 16.2. The number of nitrogens with one attached hydrogen (secondary N) is 1. The number of nitrogens with zero attached hydrogens (tertiary/aromatic N) is 3. The summed E-state index contributed by atoms with van der Waals surface area (Å²) in [6.45, 7) is 3.72. The van der Waals surface area contributed by atoms with Crippen LogP contribution in [-0.2, 0) is 11.8 Å². The Morgan fingerprint density at radius 3 is 2.48 bits per heavy atom. The largest absolute Gasteiger partial charge is 0.457 e. The second-order valence-electron chi connectivity index (χ2n) is 6.45. The number of halogens is 1. The molecule has 1 amide bonds. The molecule has 0 atom stereocenters. The highest BCUT2D eigenvalue weighted by atomic mass is 35.5. The van der Waals surface area contributed by atoms with Crippen molar-refractivity contribution in [3.63, 3.8) is 0 Å². The minimum Gasteiger partial charge on any atom is -0.457 e. The summed E-state index contributed by atoms with van der Waals surface area (Å²) in [4.78, 5) is 12.3. The number of amides is 1. The Morgan fingerprint density at radius 1 is 1.21 bits per heavy atom. The van der Waals surface area contributed by atoms with Crippen LogP contribution in [0.2, 0.25) is 5.15 Å². The Bertz CT molecular complexity index is 1120. The molecule has 0 radical (unpaired) electrons. The molecule has 29 heavy (non-hydrogen) atoms. The fraction of sp³-hybridized carbons (Fsp3) is 0.136. The van der Waals surface area contributed by atoms with E-state index in [4.69, 9.17) is 21.6 Å². The first-order chi connectivity index (χ1) is 13.9. The molecule has 0 saturated heterocycles. The Morgan fingerprint density at radius 2 is 1.90 bits per heavy atom. The van der Waals surface area contributed by atoms with Gasteiger partial charge in [0.05, 0.1) is 17.3 Å². The van der Waals surface area contributed by atoms with Crippen LogP contribution in [0.3, 0.4) is 0 Å². The summed E-state index contributed by atoms with van der Waals surface area (Å²) in [6, 6.07) is 14.3. The van der Waals surface area contributed by atoms with E-state index in [1.165, 1.54) is 6.08 Å². The van der Waals surface area contributed by atoms with E-state index in [1.54, 1.807) is 54.2 Å². The average molecular weight is 407 g/mol. The van der Waals surface area contributed by atoms with Crippen molar-refractivity contribution < 1.29 is 9.53 Å². The lowest BCUT2D eigenvalue weighted by molar-refractivity contribution is -0.111. The predicted octanol–water partition coefficient (Wildman–Crippen LogP) is 5.01. The van der Waals surface area contributed by atoms with Gasteiger partial charge in [0, 0.05) is 24.4 Å². The van der Waals surface area contributed by atoms with Crippen LogP contribution < -0.4 is 10.1 Å². The normalized spacial score (nSPS) is 10.7. The third-order valence-corrected chi connectivity index (χ3v) is 4.72. The molecule has 7 heteroatoms. The molecule has 0 aliphatic carbocycles. The van der Waals surface area contributed by atoms with Crippen LogP contribution in [0.25, 0.3) is 6.08 Å². The fourth-order valence-corrected chi connectivity index (χ4v) is 2.98. The van der Waals surface area contributed by atoms with E-state index >= 15 is 0 Å². The average Bonchev–Trinajstić information content (AvgIpc) is 2.94. The number of carbonyl (C=O) groups excluding carboxylic acids is 1. The third kappa shape index (κ3) is 4.84. The number of aromatic nitrogens is 2. The zero-order chi connectivity index (χ0) is 21.0. The molecule has 146 valence electrons. The first kappa shape index (κ1) is 20.2. The Kier molecular flexibility index (Phi) is 6.01. The molecule has 0 unspecified atom stereocenters. The molecule has 0 fully saturated rings. The molecule has 0 saturated carbocycles. The van der Waals surface area contributed by atoms with Crippen LogP contribution >= 0.6 is 11.6 Å². The van der Waals surface area contributed by atoms with E-state index in [1.807, 2.05) is 19.9 Å². The Labute approximate surface area is 174 Å². The molecular weight excluding hydrogens is 388 g/mol. The molecule has 3 rings (SSSR count). The lowest BCUT2D eigenvalue weighted by Gasteiger charge is -2.10. The summed E-state index contributed by atoms with van der Waals surface area (Å²) in [5.74, 6) is 0.999. The first-order valence-electron chi connectivity index (χ1n) is 8.84. The molecule has 3 aromatic rings. The van der Waals surface area contributed by atoms with Crippen molar-refractivity contribution >= 4 is 29.3 Å². The van der Waals surface area contributed by atoms with Gasteiger partial charge in [0.2, 0.25) is 5.91 Å². The van der Waals surface area contributed by atoms with Gasteiger partial charge in [-0.15, -0.1) is 0 Å². The summed E-state index contributed by atoms with van der Waals surface area (Å²) in [5.41, 5.74) is 3.57. The number of carbonyl (C=O) groups is 1. The van der Waals surface area contributed by atoms with E-state index in [0.717, 1.165) is 11.3 Å². The summed E-state index contributed by atoms with van der Waals surface area (Å²) in [6.07, 6.45) is 3.08. The van der Waals surface area contributed by atoms with E-state index in [2.05, 4.69) is 16.5 Å². The van der Waals surface area contributed by atoms with Crippen molar-refractivity contribution in [1.82, 2.24) is 9.78 Å². The monoisotopic (exact) mass is 406 g/mol. The highest BCUT2D eigenvalue weighted by Crippen LogP contribution is 2.26. The standard InChI is InChI=1S/C22H19ClN4O2/c1-14-12-18(29-17-6-4-16(13-24)5-7-17)8-10-20(14)25-21(28)11-9-19-15(2)26-27(3)22(19)23/h4-12H,1-3H3,(H,25,28)/b11-9+. The fourth-order valence-electron chi connectivity index (χ4n) is 2.74. The van der Waals surface area contributed by atoms with Gasteiger partial charge >= 0.3 is 0 Å². The van der Waals surface area contributed by atoms with Gasteiger partial charge in [0.15, 0.2) is 0 Å². The number of anilines is 1. The molecule has 0 aliphatic heterocycles. The second-order valence-corrected chi connectivity index (χ2v) is 6.81. The molecule has 1 N–H and O–H groups in total.